The molecular formula is C23H27N3O4. The molecule has 0 unspecified atom stereocenters. The molecule has 1 N–H and O–H groups in total. The third-order valence-electron chi connectivity index (χ3n) is 4.28. The van der Waals surface area contributed by atoms with E-state index in [1.54, 1.807) is 23.0 Å². The molecule has 1 amide bonds. The molecule has 0 aliphatic carbocycles. The zero-order valence-corrected chi connectivity index (χ0v) is 17.6. The minimum absolute atomic E-state index is 0.229. The quantitative estimate of drug-likeness (QED) is 0.548. The minimum Gasteiger partial charge on any atom is -0.490 e. The van der Waals surface area contributed by atoms with Gasteiger partial charge in [0.05, 0.1) is 31.7 Å². The number of aromatic nitrogens is 2. The molecule has 0 aliphatic heterocycles. The predicted octanol–water partition coefficient (Wildman–Crippen LogP) is 4.00. The van der Waals surface area contributed by atoms with E-state index in [9.17, 15) is 4.79 Å². The summed E-state index contributed by atoms with van der Waals surface area (Å²) in [6.07, 6.45) is 3.63. The highest BCUT2D eigenvalue weighted by molar-refractivity contribution is 5.95. The number of hydrogen-bond donors (Lipinski definition) is 1. The standard InChI is InChI=1S/C23H27N3O4/c1-4-28-20-12-18(13-21(29-5-2)22(20)30-6-3)23(27)24-14-17-15-25-26(16-17)19-10-8-7-9-11-19/h7-13,15-16H,4-6,14H2,1-3H3,(H,24,27). The summed E-state index contributed by atoms with van der Waals surface area (Å²) < 4.78 is 18.8. The molecule has 0 spiro atoms. The Kier molecular flexibility index (Phi) is 7.32. The van der Waals surface area contributed by atoms with E-state index < -0.39 is 0 Å². The van der Waals surface area contributed by atoms with Gasteiger partial charge in [-0.2, -0.15) is 5.10 Å². The van der Waals surface area contributed by atoms with Crippen molar-refractivity contribution in [2.24, 2.45) is 0 Å². The van der Waals surface area contributed by atoms with Crippen molar-refractivity contribution in [3.63, 3.8) is 0 Å². The Morgan fingerprint density at radius 1 is 0.967 bits per heavy atom. The third kappa shape index (κ3) is 5.11. The Labute approximate surface area is 176 Å². The fourth-order valence-electron chi connectivity index (χ4n) is 2.98. The lowest BCUT2D eigenvalue weighted by Gasteiger charge is -2.17. The van der Waals surface area contributed by atoms with E-state index in [2.05, 4.69) is 10.4 Å². The van der Waals surface area contributed by atoms with Gasteiger partial charge in [-0.1, -0.05) is 18.2 Å². The molecule has 30 heavy (non-hydrogen) atoms. The monoisotopic (exact) mass is 409 g/mol. The Morgan fingerprint density at radius 2 is 1.60 bits per heavy atom. The molecule has 7 heteroatoms. The molecule has 2 aromatic carbocycles. The van der Waals surface area contributed by atoms with Crippen LogP contribution in [0.2, 0.25) is 0 Å². The third-order valence-corrected chi connectivity index (χ3v) is 4.28. The first-order valence-electron chi connectivity index (χ1n) is 10.1. The Balaban J connectivity index is 1.75. The van der Waals surface area contributed by atoms with Crippen molar-refractivity contribution >= 4 is 5.91 Å². The Morgan fingerprint density at radius 3 is 2.20 bits per heavy atom. The fraction of sp³-hybridized carbons (Fsp3) is 0.304. The molecule has 0 atom stereocenters. The van der Waals surface area contributed by atoms with Crippen LogP contribution < -0.4 is 19.5 Å². The lowest BCUT2D eigenvalue weighted by Crippen LogP contribution is -2.23. The Bertz CT molecular complexity index is 943. The van der Waals surface area contributed by atoms with E-state index in [1.807, 2.05) is 57.3 Å². The summed E-state index contributed by atoms with van der Waals surface area (Å²) in [5.74, 6) is 1.27. The van der Waals surface area contributed by atoms with E-state index in [-0.39, 0.29) is 5.91 Å². The number of nitrogens with one attached hydrogen (secondary N) is 1. The number of hydrogen-bond acceptors (Lipinski definition) is 5. The van der Waals surface area contributed by atoms with Crippen LogP contribution in [0.15, 0.2) is 54.9 Å². The number of amides is 1. The minimum atomic E-state index is -0.229. The molecule has 0 radical (unpaired) electrons. The maximum absolute atomic E-state index is 12.8. The highest BCUT2D eigenvalue weighted by atomic mass is 16.5. The van der Waals surface area contributed by atoms with Crippen LogP contribution in [0, 0.1) is 0 Å². The lowest BCUT2D eigenvalue weighted by atomic mass is 10.1. The maximum atomic E-state index is 12.8. The SMILES string of the molecule is CCOc1cc(C(=O)NCc2cnn(-c3ccccc3)c2)cc(OCC)c1OCC. The zero-order chi connectivity index (χ0) is 21.3. The molecule has 3 rings (SSSR count). The molecular weight excluding hydrogens is 382 g/mol. The highest BCUT2D eigenvalue weighted by Crippen LogP contribution is 2.39. The summed E-state index contributed by atoms with van der Waals surface area (Å²) in [5.41, 5.74) is 2.30. The first-order chi connectivity index (χ1) is 14.7. The van der Waals surface area contributed by atoms with E-state index >= 15 is 0 Å². The summed E-state index contributed by atoms with van der Waals surface area (Å²) in [6.45, 7) is 7.39. The van der Waals surface area contributed by atoms with Gasteiger partial charge in [-0.25, -0.2) is 4.68 Å². The van der Waals surface area contributed by atoms with Gasteiger partial charge in [-0.3, -0.25) is 4.79 Å². The van der Waals surface area contributed by atoms with Gasteiger partial charge in [0.25, 0.3) is 5.91 Å². The van der Waals surface area contributed by atoms with Gasteiger partial charge >= 0.3 is 0 Å². The van der Waals surface area contributed by atoms with Crippen molar-refractivity contribution in [2.45, 2.75) is 27.3 Å². The zero-order valence-electron chi connectivity index (χ0n) is 17.6. The number of para-hydroxylation sites is 1. The van der Waals surface area contributed by atoms with Gasteiger partial charge in [0.2, 0.25) is 5.75 Å². The number of benzene rings is 2. The van der Waals surface area contributed by atoms with Crippen molar-refractivity contribution in [3.05, 3.63) is 66.0 Å². The molecule has 7 nitrogen and oxygen atoms in total. The average Bonchev–Trinajstić information content (AvgIpc) is 3.24. The second-order valence-corrected chi connectivity index (χ2v) is 6.41. The van der Waals surface area contributed by atoms with Crippen LogP contribution in [0.4, 0.5) is 0 Å². The molecule has 1 aromatic heterocycles. The lowest BCUT2D eigenvalue weighted by molar-refractivity contribution is 0.0949. The Hall–Kier alpha value is -3.48. The van der Waals surface area contributed by atoms with Crippen molar-refractivity contribution in [3.8, 4) is 22.9 Å². The van der Waals surface area contributed by atoms with E-state index in [0.29, 0.717) is 49.2 Å². The molecule has 0 fully saturated rings. The van der Waals surface area contributed by atoms with E-state index in [4.69, 9.17) is 14.2 Å². The number of carbonyl (C=O) groups is 1. The smallest absolute Gasteiger partial charge is 0.251 e. The van der Waals surface area contributed by atoms with Crippen molar-refractivity contribution < 1.29 is 19.0 Å². The van der Waals surface area contributed by atoms with Gasteiger partial charge in [0.15, 0.2) is 11.5 Å². The van der Waals surface area contributed by atoms with Crippen LogP contribution in [0.1, 0.15) is 36.7 Å². The van der Waals surface area contributed by atoms with Crippen molar-refractivity contribution in [1.29, 1.82) is 0 Å². The second kappa shape index (κ2) is 10.3. The summed E-state index contributed by atoms with van der Waals surface area (Å²) in [4.78, 5) is 12.8. The molecule has 0 saturated heterocycles. The van der Waals surface area contributed by atoms with Crippen LogP contribution in [0.3, 0.4) is 0 Å². The molecule has 0 bridgehead atoms. The predicted molar refractivity (Wildman–Crippen MR) is 115 cm³/mol. The summed E-state index contributed by atoms with van der Waals surface area (Å²) in [7, 11) is 0. The van der Waals surface area contributed by atoms with Gasteiger partial charge < -0.3 is 19.5 Å². The summed E-state index contributed by atoms with van der Waals surface area (Å²) >= 11 is 0. The van der Waals surface area contributed by atoms with Crippen molar-refractivity contribution in [2.75, 3.05) is 19.8 Å². The van der Waals surface area contributed by atoms with E-state index in [1.165, 1.54) is 0 Å². The van der Waals surface area contributed by atoms with Gasteiger partial charge in [-0.15, -0.1) is 0 Å². The molecule has 3 aromatic rings. The highest BCUT2D eigenvalue weighted by Gasteiger charge is 2.18. The van der Waals surface area contributed by atoms with Crippen LogP contribution in [-0.4, -0.2) is 35.5 Å². The first-order valence-corrected chi connectivity index (χ1v) is 10.1. The summed E-state index contributed by atoms with van der Waals surface area (Å²) in [6, 6.07) is 13.2. The second-order valence-electron chi connectivity index (χ2n) is 6.41. The van der Waals surface area contributed by atoms with E-state index in [0.717, 1.165) is 11.3 Å². The van der Waals surface area contributed by atoms with Gasteiger partial charge in [0.1, 0.15) is 0 Å². The number of ether oxygens (including phenoxy) is 3. The van der Waals surface area contributed by atoms with Crippen LogP contribution in [0.25, 0.3) is 5.69 Å². The largest absolute Gasteiger partial charge is 0.490 e. The van der Waals surface area contributed by atoms with Gasteiger partial charge in [-0.05, 0) is 45.0 Å². The molecule has 0 aliphatic rings. The molecule has 0 saturated carbocycles. The summed E-state index contributed by atoms with van der Waals surface area (Å²) in [5, 5.41) is 7.28. The van der Waals surface area contributed by atoms with Crippen LogP contribution in [0.5, 0.6) is 17.2 Å². The molecule has 158 valence electrons. The number of rotatable bonds is 10. The van der Waals surface area contributed by atoms with Gasteiger partial charge in [0, 0.05) is 23.9 Å². The van der Waals surface area contributed by atoms with Crippen LogP contribution >= 0.6 is 0 Å². The van der Waals surface area contributed by atoms with Crippen LogP contribution in [-0.2, 0) is 6.54 Å². The fourth-order valence-corrected chi connectivity index (χ4v) is 2.98. The topological polar surface area (TPSA) is 74.6 Å². The molecule has 1 heterocycles. The maximum Gasteiger partial charge on any atom is 0.251 e. The normalized spacial score (nSPS) is 10.5. The van der Waals surface area contributed by atoms with Crippen molar-refractivity contribution in [1.82, 2.24) is 15.1 Å². The first kappa shape index (κ1) is 21.2. The number of carbonyl (C=O) groups excluding carboxylic acids is 1. The average molecular weight is 409 g/mol. The number of nitrogens with zero attached hydrogens (tertiary/aromatic N) is 2.